The fraction of sp³-hybridized carbons (Fsp3) is 0.692. The van der Waals surface area contributed by atoms with Crippen LogP contribution in [0.2, 0.25) is 0 Å². The summed E-state index contributed by atoms with van der Waals surface area (Å²) in [5.41, 5.74) is 0. The first-order valence-electron chi connectivity index (χ1n) is 6.61. The number of hydrogen-bond acceptors (Lipinski definition) is 5. The van der Waals surface area contributed by atoms with Crippen LogP contribution in [0.3, 0.4) is 0 Å². The quantitative estimate of drug-likeness (QED) is 0.714. The molecule has 0 aromatic carbocycles. The summed E-state index contributed by atoms with van der Waals surface area (Å²) >= 11 is 0. The third-order valence-electron chi connectivity index (χ3n) is 3.04. The summed E-state index contributed by atoms with van der Waals surface area (Å²) in [5, 5.41) is 0. The van der Waals surface area contributed by atoms with Gasteiger partial charge in [-0.15, -0.1) is 0 Å². The van der Waals surface area contributed by atoms with Crippen molar-refractivity contribution in [1.29, 1.82) is 0 Å². The van der Waals surface area contributed by atoms with Gasteiger partial charge in [0.25, 0.3) is 5.88 Å². The van der Waals surface area contributed by atoms with Crippen LogP contribution in [0.1, 0.15) is 19.3 Å². The van der Waals surface area contributed by atoms with E-state index in [0.717, 1.165) is 31.9 Å². The smallest absolute Gasteiger partial charge is 0.257 e. The van der Waals surface area contributed by atoms with Gasteiger partial charge in [-0.2, -0.15) is 0 Å². The molecule has 100 valence electrons. The maximum Gasteiger partial charge on any atom is 0.257 e. The van der Waals surface area contributed by atoms with Crippen LogP contribution in [-0.2, 0) is 0 Å². The largest absolute Gasteiger partial charge is 0.475 e. The summed E-state index contributed by atoms with van der Waals surface area (Å²) in [6.45, 7) is 3.84. The van der Waals surface area contributed by atoms with E-state index in [1.165, 1.54) is 12.8 Å². The maximum absolute atomic E-state index is 5.76. The van der Waals surface area contributed by atoms with E-state index in [4.69, 9.17) is 4.74 Å². The molecule has 1 aromatic heterocycles. The number of anilines is 1. The molecule has 0 saturated carbocycles. The Kier molecular flexibility index (Phi) is 4.75. The minimum Gasteiger partial charge on any atom is -0.475 e. The highest BCUT2D eigenvalue weighted by atomic mass is 16.5. The predicted octanol–water partition coefficient (Wildman–Crippen LogP) is 1.41. The second kappa shape index (κ2) is 6.54. The lowest BCUT2D eigenvalue weighted by molar-refractivity contribution is 0.273. The fourth-order valence-corrected chi connectivity index (χ4v) is 2.12. The van der Waals surface area contributed by atoms with E-state index in [1.807, 2.05) is 0 Å². The van der Waals surface area contributed by atoms with Crippen molar-refractivity contribution in [1.82, 2.24) is 14.9 Å². The molecule has 0 radical (unpaired) electrons. The molecular weight excluding hydrogens is 228 g/mol. The third kappa shape index (κ3) is 3.57. The maximum atomic E-state index is 5.76. The standard InChI is InChI=1S/C13H22N4O/c1-16(2)8-5-11-18-13-12(14-6-7-15-13)17-9-3-4-10-17/h6-7H,3-5,8-11H2,1-2H3. The molecule has 0 amide bonds. The van der Waals surface area contributed by atoms with Crippen molar-refractivity contribution >= 4 is 5.82 Å². The minimum atomic E-state index is 0.679. The average molecular weight is 250 g/mol. The van der Waals surface area contributed by atoms with E-state index in [1.54, 1.807) is 12.4 Å². The molecule has 18 heavy (non-hydrogen) atoms. The summed E-state index contributed by atoms with van der Waals surface area (Å²) in [5.74, 6) is 1.58. The zero-order valence-corrected chi connectivity index (χ0v) is 11.3. The van der Waals surface area contributed by atoms with Crippen LogP contribution < -0.4 is 9.64 Å². The zero-order valence-electron chi connectivity index (χ0n) is 11.3. The molecule has 0 unspecified atom stereocenters. The number of nitrogens with zero attached hydrogens (tertiary/aromatic N) is 4. The summed E-state index contributed by atoms with van der Waals surface area (Å²) < 4.78 is 5.76. The minimum absolute atomic E-state index is 0.679. The Balaban J connectivity index is 1.90. The van der Waals surface area contributed by atoms with Crippen molar-refractivity contribution in [3.63, 3.8) is 0 Å². The zero-order chi connectivity index (χ0) is 12.8. The summed E-state index contributed by atoms with van der Waals surface area (Å²) in [6, 6.07) is 0. The molecule has 1 saturated heterocycles. The van der Waals surface area contributed by atoms with Crippen molar-refractivity contribution in [3.8, 4) is 5.88 Å². The Morgan fingerprint density at radius 1 is 1.22 bits per heavy atom. The van der Waals surface area contributed by atoms with Crippen LogP contribution in [0.25, 0.3) is 0 Å². The van der Waals surface area contributed by atoms with Crippen LogP contribution in [0.4, 0.5) is 5.82 Å². The lowest BCUT2D eigenvalue weighted by Gasteiger charge is -2.18. The van der Waals surface area contributed by atoms with Gasteiger partial charge < -0.3 is 14.5 Å². The van der Waals surface area contributed by atoms with Crippen LogP contribution in [-0.4, -0.2) is 55.2 Å². The monoisotopic (exact) mass is 250 g/mol. The summed E-state index contributed by atoms with van der Waals surface area (Å²) in [4.78, 5) is 13.1. The average Bonchev–Trinajstić information content (AvgIpc) is 2.88. The Morgan fingerprint density at radius 2 is 1.94 bits per heavy atom. The van der Waals surface area contributed by atoms with Crippen LogP contribution in [0, 0.1) is 0 Å². The van der Waals surface area contributed by atoms with Crippen molar-refractivity contribution in [2.24, 2.45) is 0 Å². The van der Waals surface area contributed by atoms with Gasteiger partial charge in [0.2, 0.25) is 0 Å². The molecular formula is C13H22N4O. The van der Waals surface area contributed by atoms with Gasteiger partial charge in [0.05, 0.1) is 6.61 Å². The highest BCUT2D eigenvalue weighted by molar-refractivity contribution is 5.48. The van der Waals surface area contributed by atoms with E-state index >= 15 is 0 Å². The van der Waals surface area contributed by atoms with Gasteiger partial charge >= 0.3 is 0 Å². The molecule has 2 heterocycles. The molecule has 0 atom stereocenters. The second-order valence-corrected chi connectivity index (χ2v) is 4.88. The van der Waals surface area contributed by atoms with Gasteiger partial charge in [-0.3, -0.25) is 0 Å². The van der Waals surface area contributed by atoms with Crippen molar-refractivity contribution in [2.75, 3.05) is 45.2 Å². The van der Waals surface area contributed by atoms with Gasteiger partial charge in [0, 0.05) is 32.0 Å². The molecule has 1 aromatic rings. The van der Waals surface area contributed by atoms with Gasteiger partial charge in [0.15, 0.2) is 5.82 Å². The number of rotatable bonds is 6. The van der Waals surface area contributed by atoms with Crippen molar-refractivity contribution < 1.29 is 4.74 Å². The third-order valence-corrected chi connectivity index (χ3v) is 3.04. The Labute approximate surface area is 109 Å². The fourth-order valence-electron chi connectivity index (χ4n) is 2.12. The Bertz CT molecular complexity index is 364. The molecule has 1 aliphatic heterocycles. The first kappa shape index (κ1) is 13.1. The highest BCUT2D eigenvalue weighted by Crippen LogP contribution is 2.25. The topological polar surface area (TPSA) is 41.5 Å². The Hall–Kier alpha value is -1.36. The van der Waals surface area contributed by atoms with Crippen molar-refractivity contribution in [3.05, 3.63) is 12.4 Å². The number of aromatic nitrogens is 2. The number of hydrogen-bond donors (Lipinski definition) is 0. The van der Waals surface area contributed by atoms with Crippen LogP contribution in [0.15, 0.2) is 12.4 Å². The molecule has 0 aliphatic carbocycles. The van der Waals surface area contributed by atoms with E-state index in [9.17, 15) is 0 Å². The van der Waals surface area contributed by atoms with Gasteiger partial charge in [-0.05, 0) is 33.4 Å². The van der Waals surface area contributed by atoms with Gasteiger partial charge in [0.1, 0.15) is 0 Å². The number of ether oxygens (including phenoxy) is 1. The van der Waals surface area contributed by atoms with E-state index in [2.05, 4.69) is 33.9 Å². The molecule has 2 rings (SSSR count). The van der Waals surface area contributed by atoms with E-state index < -0.39 is 0 Å². The molecule has 1 aliphatic rings. The SMILES string of the molecule is CN(C)CCCOc1nccnc1N1CCCC1. The van der Waals surface area contributed by atoms with Gasteiger partial charge in [-0.25, -0.2) is 9.97 Å². The normalized spacial score (nSPS) is 15.4. The highest BCUT2D eigenvalue weighted by Gasteiger charge is 2.18. The molecule has 0 bridgehead atoms. The van der Waals surface area contributed by atoms with Gasteiger partial charge in [-0.1, -0.05) is 0 Å². The van der Waals surface area contributed by atoms with E-state index in [0.29, 0.717) is 12.5 Å². The van der Waals surface area contributed by atoms with Crippen LogP contribution in [0.5, 0.6) is 5.88 Å². The molecule has 1 fully saturated rings. The van der Waals surface area contributed by atoms with Crippen LogP contribution >= 0.6 is 0 Å². The van der Waals surface area contributed by atoms with E-state index in [-0.39, 0.29) is 0 Å². The predicted molar refractivity (Wildman–Crippen MR) is 72.1 cm³/mol. The first-order chi connectivity index (χ1) is 8.77. The second-order valence-electron chi connectivity index (χ2n) is 4.88. The molecule has 0 spiro atoms. The van der Waals surface area contributed by atoms with Crippen molar-refractivity contribution in [2.45, 2.75) is 19.3 Å². The molecule has 5 nitrogen and oxygen atoms in total. The molecule has 5 heteroatoms. The summed E-state index contributed by atoms with van der Waals surface area (Å²) in [7, 11) is 4.13. The summed E-state index contributed by atoms with van der Waals surface area (Å²) in [6.07, 6.45) is 6.90. The Morgan fingerprint density at radius 3 is 2.67 bits per heavy atom. The molecule has 0 N–H and O–H groups in total. The lowest BCUT2D eigenvalue weighted by atomic mass is 10.4. The first-order valence-corrected chi connectivity index (χ1v) is 6.61. The lowest BCUT2D eigenvalue weighted by Crippen LogP contribution is -2.21.